The minimum atomic E-state index is -0.218. The molecule has 3 atom stereocenters. The normalized spacial score (nSPS) is 32.3. The van der Waals surface area contributed by atoms with Crippen molar-refractivity contribution < 1.29 is 14.2 Å². The molecule has 0 aliphatic heterocycles. The summed E-state index contributed by atoms with van der Waals surface area (Å²) in [6.07, 6.45) is 10.2. The molecule has 0 unspecified atom stereocenters. The summed E-state index contributed by atoms with van der Waals surface area (Å²) in [5, 5.41) is 0. The largest absolute Gasteiger partial charge is 0.374 e. The Morgan fingerprint density at radius 3 is 2.82 bits per heavy atom. The molecule has 3 nitrogen and oxygen atoms in total. The Morgan fingerprint density at radius 2 is 2.29 bits per heavy atom. The molecule has 0 spiro atoms. The number of terminal acetylenes is 1. The van der Waals surface area contributed by atoms with Crippen molar-refractivity contribution >= 4 is 0 Å². The first-order chi connectivity index (χ1) is 8.22. The first-order valence-corrected chi connectivity index (χ1v) is 6.03. The van der Waals surface area contributed by atoms with E-state index in [1.807, 2.05) is 0 Å². The monoisotopic (exact) mass is 238 g/mol. The standard InChI is InChI=1S/C14H22O3/c1-5-8-16-12-9-13(17-11-15-4)14(6-2,7-3)10-12/h2,5,12-13H,1,7-11H2,3-4H3/t12-,13-,14-/m0/s1. The summed E-state index contributed by atoms with van der Waals surface area (Å²) in [7, 11) is 1.62. The zero-order chi connectivity index (χ0) is 12.7. The number of methoxy groups -OCH3 is 1. The van der Waals surface area contributed by atoms with Crippen molar-refractivity contribution in [2.75, 3.05) is 20.5 Å². The Kier molecular flexibility index (Phi) is 5.70. The van der Waals surface area contributed by atoms with Crippen LogP contribution >= 0.6 is 0 Å². The first kappa shape index (κ1) is 14.2. The Hall–Kier alpha value is -0.820. The molecular formula is C14H22O3. The van der Waals surface area contributed by atoms with Gasteiger partial charge < -0.3 is 14.2 Å². The lowest BCUT2D eigenvalue weighted by atomic mass is 9.82. The van der Waals surface area contributed by atoms with E-state index in [1.54, 1.807) is 13.2 Å². The van der Waals surface area contributed by atoms with E-state index in [4.69, 9.17) is 20.6 Å². The van der Waals surface area contributed by atoms with Crippen LogP contribution in [0.25, 0.3) is 0 Å². The molecule has 0 aromatic heterocycles. The second-order valence-electron chi connectivity index (χ2n) is 4.40. The van der Waals surface area contributed by atoms with Gasteiger partial charge in [-0.3, -0.25) is 0 Å². The molecular weight excluding hydrogens is 216 g/mol. The fourth-order valence-corrected chi connectivity index (χ4v) is 2.42. The number of ether oxygens (including phenoxy) is 3. The highest BCUT2D eigenvalue weighted by molar-refractivity contribution is 5.14. The third-order valence-corrected chi connectivity index (χ3v) is 3.44. The maximum Gasteiger partial charge on any atom is 0.146 e. The minimum absolute atomic E-state index is 0.0206. The molecule has 1 fully saturated rings. The fourth-order valence-electron chi connectivity index (χ4n) is 2.42. The van der Waals surface area contributed by atoms with Crippen molar-refractivity contribution in [3.63, 3.8) is 0 Å². The quantitative estimate of drug-likeness (QED) is 0.387. The van der Waals surface area contributed by atoms with Gasteiger partial charge in [0.2, 0.25) is 0 Å². The van der Waals surface area contributed by atoms with E-state index in [0.29, 0.717) is 6.61 Å². The third-order valence-electron chi connectivity index (χ3n) is 3.44. The van der Waals surface area contributed by atoms with Gasteiger partial charge in [-0.05, 0) is 12.8 Å². The van der Waals surface area contributed by atoms with Crippen molar-refractivity contribution in [3.8, 4) is 12.3 Å². The minimum Gasteiger partial charge on any atom is -0.374 e. The Labute approximate surface area is 104 Å². The van der Waals surface area contributed by atoms with Crippen LogP contribution in [-0.2, 0) is 14.2 Å². The Balaban J connectivity index is 2.65. The van der Waals surface area contributed by atoms with Gasteiger partial charge in [-0.25, -0.2) is 0 Å². The van der Waals surface area contributed by atoms with Crippen LogP contribution in [0, 0.1) is 17.8 Å². The molecule has 17 heavy (non-hydrogen) atoms. The van der Waals surface area contributed by atoms with Crippen molar-refractivity contribution in [3.05, 3.63) is 12.7 Å². The van der Waals surface area contributed by atoms with Gasteiger partial charge in [0.05, 0.1) is 24.2 Å². The molecule has 1 aliphatic carbocycles. The fraction of sp³-hybridized carbons (Fsp3) is 0.714. The average Bonchev–Trinajstić information content (AvgIpc) is 2.72. The zero-order valence-corrected chi connectivity index (χ0v) is 10.8. The smallest absolute Gasteiger partial charge is 0.146 e. The molecule has 96 valence electrons. The van der Waals surface area contributed by atoms with Crippen LogP contribution in [0.3, 0.4) is 0 Å². The molecule has 0 saturated heterocycles. The lowest BCUT2D eigenvalue weighted by Crippen LogP contribution is -2.30. The van der Waals surface area contributed by atoms with Gasteiger partial charge in [-0.1, -0.05) is 18.9 Å². The predicted molar refractivity (Wildman–Crippen MR) is 67.5 cm³/mol. The molecule has 0 aromatic carbocycles. The van der Waals surface area contributed by atoms with Gasteiger partial charge in [-0.2, -0.15) is 0 Å². The van der Waals surface area contributed by atoms with E-state index in [2.05, 4.69) is 19.4 Å². The van der Waals surface area contributed by atoms with Crippen LogP contribution in [0.4, 0.5) is 0 Å². The van der Waals surface area contributed by atoms with Gasteiger partial charge in [-0.15, -0.1) is 13.0 Å². The van der Waals surface area contributed by atoms with Gasteiger partial charge >= 0.3 is 0 Å². The van der Waals surface area contributed by atoms with E-state index < -0.39 is 0 Å². The number of hydrogen-bond donors (Lipinski definition) is 0. The molecule has 3 heteroatoms. The SMILES string of the molecule is C#C[C@]1(CC)C[C@@H](OCC=C)C[C@@H]1OCOC. The van der Waals surface area contributed by atoms with Crippen LogP contribution < -0.4 is 0 Å². The lowest BCUT2D eigenvalue weighted by Gasteiger charge is -2.28. The Bertz CT molecular complexity index is 282. The van der Waals surface area contributed by atoms with Gasteiger partial charge in [0.25, 0.3) is 0 Å². The second kappa shape index (κ2) is 6.80. The summed E-state index contributed by atoms with van der Waals surface area (Å²) in [5.74, 6) is 2.91. The van der Waals surface area contributed by atoms with Crippen LogP contribution in [0.1, 0.15) is 26.2 Å². The third kappa shape index (κ3) is 3.32. The summed E-state index contributed by atoms with van der Waals surface area (Å²) >= 11 is 0. The summed E-state index contributed by atoms with van der Waals surface area (Å²) in [4.78, 5) is 0. The molecule has 0 aromatic rings. The maximum atomic E-state index is 5.69. The molecule has 1 rings (SSSR count). The van der Waals surface area contributed by atoms with Crippen molar-refractivity contribution in [2.24, 2.45) is 5.41 Å². The molecule has 0 radical (unpaired) electrons. The van der Waals surface area contributed by atoms with Crippen molar-refractivity contribution in [1.29, 1.82) is 0 Å². The van der Waals surface area contributed by atoms with Crippen molar-refractivity contribution in [2.45, 2.75) is 38.4 Å². The molecule has 0 amide bonds. The van der Waals surface area contributed by atoms with Gasteiger partial charge in [0, 0.05) is 13.5 Å². The van der Waals surface area contributed by atoms with Gasteiger partial charge in [0.1, 0.15) is 6.79 Å². The highest BCUT2D eigenvalue weighted by atomic mass is 16.7. The van der Waals surface area contributed by atoms with E-state index in [9.17, 15) is 0 Å². The Morgan fingerprint density at radius 1 is 1.53 bits per heavy atom. The highest BCUT2D eigenvalue weighted by Crippen LogP contribution is 2.43. The van der Waals surface area contributed by atoms with E-state index in [0.717, 1.165) is 19.3 Å². The van der Waals surface area contributed by atoms with E-state index in [-0.39, 0.29) is 24.4 Å². The van der Waals surface area contributed by atoms with E-state index in [1.165, 1.54) is 0 Å². The molecule has 0 bridgehead atoms. The number of rotatable bonds is 7. The number of hydrogen-bond acceptors (Lipinski definition) is 3. The average molecular weight is 238 g/mol. The van der Waals surface area contributed by atoms with E-state index >= 15 is 0 Å². The zero-order valence-electron chi connectivity index (χ0n) is 10.8. The van der Waals surface area contributed by atoms with Crippen LogP contribution in [0.15, 0.2) is 12.7 Å². The highest BCUT2D eigenvalue weighted by Gasteiger charge is 2.46. The van der Waals surface area contributed by atoms with Crippen LogP contribution in [-0.4, -0.2) is 32.7 Å². The maximum absolute atomic E-state index is 5.69. The molecule has 1 saturated carbocycles. The summed E-state index contributed by atoms with van der Waals surface area (Å²) in [5.41, 5.74) is -0.218. The predicted octanol–water partition coefficient (Wildman–Crippen LogP) is 2.37. The second-order valence-corrected chi connectivity index (χ2v) is 4.40. The summed E-state index contributed by atoms with van der Waals surface area (Å²) in [6, 6.07) is 0. The van der Waals surface area contributed by atoms with Crippen LogP contribution in [0.2, 0.25) is 0 Å². The molecule has 1 aliphatic rings. The first-order valence-electron chi connectivity index (χ1n) is 6.03. The molecule has 0 heterocycles. The van der Waals surface area contributed by atoms with Gasteiger partial charge in [0.15, 0.2) is 0 Å². The molecule has 0 N–H and O–H groups in total. The van der Waals surface area contributed by atoms with Crippen LogP contribution in [0.5, 0.6) is 0 Å². The summed E-state index contributed by atoms with van der Waals surface area (Å²) in [6.45, 7) is 6.59. The summed E-state index contributed by atoms with van der Waals surface area (Å²) < 4.78 is 16.3. The van der Waals surface area contributed by atoms with Crippen molar-refractivity contribution in [1.82, 2.24) is 0 Å². The topological polar surface area (TPSA) is 27.7 Å². The lowest BCUT2D eigenvalue weighted by molar-refractivity contribution is -0.0975.